The molecule has 88 valence electrons. The summed E-state index contributed by atoms with van der Waals surface area (Å²) in [6.45, 7) is 0.146. The summed E-state index contributed by atoms with van der Waals surface area (Å²) in [4.78, 5) is 15.8. The van der Waals surface area contributed by atoms with E-state index in [0.29, 0.717) is 5.69 Å². The molecule has 0 radical (unpaired) electrons. The molecule has 1 amide bonds. The summed E-state index contributed by atoms with van der Waals surface area (Å²) in [7, 11) is 1.83. The SMILES string of the molecule is Cn1cnc(C(=O)NC2CCCC2CO)c1. The third-order valence-electron chi connectivity index (χ3n) is 3.15. The lowest BCUT2D eigenvalue weighted by Crippen LogP contribution is -2.38. The second-order valence-corrected chi connectivity index (χ2v) is 4.38. The van der Waals surface area contributed by atoms with E-state index < -0.39 is 0 Å². The number of rotatable bonds is 3. The summed E-state index contributed by atoms with van der Waals surface area (Å²) in [6, 6.07) is 0.0968. The van der Waals surface area contributed by atoms with E-state index in [0.717, 1.165) is 19.3 Å². The van der Waals surface area contributed by atoms with Crippen LogP contribution in [-0.2, 0) is 7.05 Å². The number of aliphatic hydroxyl groups excluding tert-OH is 1. The van der Waals surface area contributed by atoms with Crippen molar-refractivity contribution >= 4 is 5.91 Å². The van der Waals surface area contributed by atoms with Crippen molar-refractivity contribution < 1.29 is 9.90 Å². The topological polar surface area (TPSA) is 67.2 Å². The van der Waals surface area contributed by atoms with Crippen LogP contribution in [0.5, 0.6) is 0 Å². The first-order valence-corrected chi connectivity index (χ1v) is 5.60. The predicted octanol–water partition coefficient (Wildman–Crippen LogP) is 0.311. The molecular weight excluding hydrogens is 206 g/mol. The molecule has 1 aromatic heterocycles. The fourth-order valence-corrected chi connectivity index (χ4v) is 2.22. The van der Waals surface area contributed by atoms with Crippen molar-refractivity contribution in [3.05, 3.63) is 18.2 Å². The highest BCUT2D eigenvalue weighted by Crippen LogP contribution is 2.25. The quantitative estimate of drug-likeness (QED) is 0.775. The normalized spacial score (nSPS) is 24.6. The Morgan fingerprint density at radius 1 is 1.69 bits per heavy atom. The lowest BCUT2D eigenvalue weighted by Gasteiger charge is -2.18. The fraction of sp³-hybridized carbons (Fsp3) is 0.636. The molecule has 16 heavy (non-hydrogen) atoms. The van der Waals surface area contributed by atoms with Gasteiger partial charge in [-0.2, -0.15) is 0 Å². The summed E-state index contributed by atoms with van der Waals surface area (Å²) < 4.78 is 1.74. The van der Waals surface area contributed by atoms with Crippen LogP contribution < -0.4 is 5.32 Å². The van der Waals surface area contributed by atoms with Crippen molar-refractivity contribution in [2.75, 3.05) is 6.61 Å². The maximum absolute atomic E-state index is 11.8. The maximum Gasteiger partial charge on any atom is 0.271 e. The Morgan fingerprint density at radius 2 is 2.50 bits per heavy atom. The number of aromatic nitrogens is 2. The molecule has 2 N–H and O–H groups in total. The number of carbonyl (C=O) groups excluding carboxylic acids is 1. The monoisotopic (exact) mass is 223 g/mol. The zero-order valence-corrected chi connectivity index (χ0v) is 9.39. The van der Waals surface area contributed by atoms with E-state index in [4.69, 9.17) is 5.11 Å². The van der Waals surface area contributed by atoms with E-state index in [2.05, 4.69) is 10.3 Å². The molecule has 2 atom stereocenters. The first kappa shape index (κ1) is 11.1. The third-order valence-corrected chi connectivity index (χ3v) is 3.15. The van der Waals surface area contributed by atoms with Crippen molar-refractivity contribution in [1.29, 1.82) is 0 Å². The Balaban J connectivity index is 1.97. The van der Waals surface area contributed by atoms with Crippen LogP contribution in [-0.4, -0.2) is 33.2 Å². The molecule has 5 nitrogen and oxygen atoms in total. The van der Waals surface area contributed by atoms with Crippen LogP contribution in [0.25, 0.3) is 0 Å². The Bertz CT molecular complexity index is 375. The average Bonchev–Trinajstić information content (AvgIpc) is 2.86. The fourth-order valence-electron chi connectivity index (χ4n) is 2.22. The Kier molecular flexibility index (Phi) is 3.24. The lowest BCUT2D eigenvalue weighted by molar-refractivity contribution is 0.0911. The zero-order chi connectivity index (χ0) is 11.5. The molecule has 1 aliphatic rings. The number of hydrogen-bond acceptors (Lipinski definition) is 3. The number of aliphatic hydroxyl groups is 1. The number of nitrogens with one attached hydrogen (secondary N) is 1. The van der Waals surface area contributed by atoms with Gasteiger partial charge in [-0.3, -0.25) is 4.79 Å². The standard InChI is InChI=1S/C11H17N3O2/c1-14-5-10(12-7-14)11(16)13-9-4-2-3-8(9)6-15/h5,7-9,15H,2-4,6H2,1H3,(H,13,16). The van der Waals surface area contributed by atoms with Crippen LogP contribution in [0.2, 0.25) is 0 Å². The minimum absolute atomic E-state index is 0.0968. The van der Waals surface area contributed by atoms with Crippen LogP contribution in [0.3, 0.4) is 0 Å². The smallest absolute Gasteiger partial charge is 0.271 e. The first-order chi connectivity index (χ1) is 7.70. The van der Waals surface area contributed by atoms with Gasteiger partial charge in [-0.05, 0) is 12.8 Å². The Hall–Kier alpha value is -1.36. The van der Waals surface area contributed by atoms with Gasteiger partial charge in [-0.1, -0.05) is 6.42 Å². The molecule has 2 unspecified atom stereocenters. The van der Waals surface area contributed by atoms with Crippen molar-refractivity contribution in [2.45, 2.75) is 25.3 Å². The van der Waals surface area contributed by atoms with E-state index in [1.165, 1.54) is 0 Å². The number of carbonyl (C=O) groups is 1. The number of amides is 1. The van der Waals surface area contributed by atoms with Crippen LogP contribution in [0, 0.1) is 5.92 Å². The van der Waals surface area contributed by atoms with Gasteiger partial charge in [0, 0.05) is 31.8 Å². The maximum atomic E-state index is 11.8. The van der Waals surface area contributed by atoms with Crippen molar-refractivity contribution in [2.24, 2.45) is 13.0 Å². The Morgan fingerprint density at radius 3 is 3.12 bits per heavy atom. The van der Waals surface area contributed by atoms with Gasteiger partial charge in [0.05, 0.1) is 6.33 Å². The molecule has 2 rings (SSSR count). The molecule has 0 aromatic carbocycles. The number of nitrogens with zero attached hydrogens (tertiary/aromatic N) is 2. The molecule has 5 heteroatoms. The minimum atomic E-state index is -0.147. The summed E-state index contributed by atoms with van der Waals surface area (Å²) in [5.74, 6) is 0.0543. The van der Waals surface area contributed by atoms with Gasteiger partial charge in [0.25, 0.3) is 5.91 Å². The first-order valence-electron chi connectivity index (χ1n) is 5.60. The molecule has 0 bridgehead atoms. The molecule has 1 saturated carbocycles. The zero-order valence-electron chi connectivity index (χ0n) is 9.39. The largest absolute Gasteiger partial charge is 0.396 e. The van der Waals surface area contributed by atoms with Gasteiger partial charge in [-0.25, -0.2) is 4.98 Å². The molecule has 0 spiro atoms. The average molecular weight is 223 g/mol. The highest BCUT2D eigenvalue weighted by Gasteiger charge is 2.28. The number of imidazole rings is 1. The van der Waals surface area contributed by atoms with Crippen LogP contribution in [0.1, 0.15) is 29.8 Å². The predicted molar refractivity (Wildman–Crippen MR) is 58.9 cm³/mol. The van der Waals surface area contributed by atoms with Crippen molar-refractivity contribution in [1.82, 2.24) is 14.9 Å². The second kappa shape index (κ2) is 4.65. The lowest BCUT2D eigenvalue weighted by atomic mass is 10.1. The van der Waals surface area contributed by atoms with E-state index >= 15 is 0 Å². The molecular formula is C11H17N3O2. The van der Waals surface area contributed by atoms with Gasteiger partial charge < -0.3 is 15.0 Å². The van der Waals surface area contributed by atoms with Gasteiger partial charge in [0.15, 0.2) is 0 Å². The molecule has 0 saturated heterocycles. The molecule has 1 fully saturated rings. The van der Waals surface area contributed by atoms with Crippen molar-refractivity contribution in [3.63, 3.8) is 0 Å². The van der Waals surface area contributed by atoms with Gasteiger partial charge >= 0.3 is 0 Å². The van der Waals surface area contributed by atoms with E-state index in [-0.39, 0.29) is 24.5 Å². The van der Waals surface area contributed by atoms with Gasteiger partial charge in [0.2, 0.25) is 0 Å². The highest BCUT2D eigenvalue weighted by atomic mass is 16.3. The molecule has 1 aromatic rings. The van der Waals surface area contributed by atoms with Crippen molar-refractivity contribution in [3.8, 4) is 0 Å². The highest BCUT2D eigenvalue weighted by molar-refractivity contribution is 5.92. The summed E-state index contributed by atoms with van der Waals surface area (Å²) in [5.41, 5.74) is 0.436. The van der Waals surface area contributed by atoms with E-state index in [1.807, 2.05) is 7.05 Å². The minimum Gasteiger partial charge on any atom is -0.396 e. The van der Waals surface area contributed by atoms with E-state index in [1.54, 1.807) is 17.1 Å². The summed E-state index contributed by atoms with van der Waals surface area (Å²) in [5, 5.41) is 12.1. The number of aryl methyl sites for hydroxylation is 1. The summed E-state index contributed by atoms with van der Waals surface area (Å²) in [6.07, 6.45) is 6.30. The van der Waals surface area contributed by atoms with Crippen LogP contribution in [0.4, 0.5) is 0 Å². The number of hydrogen-bond donors (Lipinski definition) is 2. The van der Waals surface area contributed by atoms with E-state index in [9.17, 15) is 4.79 Å². The molecule has 0 aliphatic heterocycles. The second-order valence-electron chi connectivity index (χ2n) is 4.38. The summed E-state index contributed by atoms with van der Waals surface area (Å²) >= 11 is 0. The molecule has 1 aliphatic carbocycles. The Labute approximate surface area is 94.5 Å². The third kappa shape index (κ3) is 2.24. The van der Waals surface area contributed by atoms with Crippen LogP contribution in [0.15, 0.2) is 12.5 Å². The van der Waals surface area contributed by atoms with Gasteiger partial charge in [-0.15, -0.1) is 0 Å². The molecule has 1 heterocycles. The van der Waals surface area contributed by atoms with Crippen LogP contribution >= 0.6 is 0 Å². The van der Waals surface area contributed by atoms with Gasteiger partial charge in [0.1, 0.15) is 5.69 Å².